The summed E-state index contributed by atoms with van der Waals surface area (Å²) in [6.45, 7) is 3.56. The van der Waals surface area contributed by atoms with Crippen molar-refractivity contribution in [3.63, 3.8) is 0 Å². The predicted molar refractivity (Wildman–Crippen MR) is 132 cm³/mol. The summed E-state index contributed by atoms with van der Waals surface area (Å²) >= 11 is 1.47. The van der Waals surface area contributed by atoms with Crippen molar-refractivity contribution in [1.29, 1.82) is 0 Å². The summed E-state index contributed by atoms with van der Waals surface area (Å²) in [7, 11) is 0. The lowest BCUT2D eigenvalue weighted by molar-refractivity contribution is -0.122. The van der Waals surface area contributed by atoms with E-state index in [1.165, 1.54) is 23.8 Å². The molecule has 4 aromatic rings. The van der Waals surface area contributed by atoms with Crippen LogP contribution in [0.25, 0.3) is 32.3 Å². The van der Waals surface area contributed by atoms with Gasteiger partial charge in [0.15, 0.2) is 0 Å². The van der Waals surface area contributed by atoms with Crippen LogP contribution in [-0.4, -0.2) is 63.9 Å². The lowest BCUT2D eigenvalue weighted by Gasteiger charge is -2.37. The molecule has 2 fully saturated rings. The van der Waals surface area contributed by atoms with Crippen LogP contribution in [0.3, 0.4) is 0 Å². The topological polar surface area (TPSA) is 94.2 Å². The van der Waals surface area contributed by atoms with Crippen LogP contribution in [-0.2, 0) is 9.59 Å². The molecule has 35 heavy (non-hydrogen) atoms. The molecule has 176 valence electrons. The lowest BCUT2D eigenvalue weighted by atomic mass is 9.98. The summed E-state index contributed by atoms with van der Waals surface area (Å²) in [5.74, 6) is -1.16. The van der Waals surface area contributed by atoms with Crippen molar-refractivity contribution in [2.45, 2.75) is 18.9 Å². The van der Waals surface area contributed by atoms with Crippen molar-refractivity contribution in [2.24, 2.45) is 0 Å². The Kier molecular flexibility index (Phi) is 4.55. The number of aromatic amines is 1. The normalized spacial score (nSPS) is 20.9. The number of aromatic nitrogens is 3. The van der Waals surface area contributed by atoms with Crippen LogP contribution >= 0.6 is 11.3 Å². The number of nitrogens with zero attached hydrogens (tertiary/aromatic N) is 4. The zero-order chi connectivity index (χ0) is 23.7. The van der Waals surface area contributed by atoms with Gasteiger partial charge >= 0.3 is 0 Å². The highest BCUT2D eigenvalue weighted by Gasteiger charge is 2.37. The standard InChI is InChI=1S/C25H21FN6O2S/c26-15-4-1-5-16-19(15)21(29-25(28-16)32-9-8-31-7-2-3-13(31)12-32)20-18(23(33)30-24(20)34)14-11-27-17-6-10-35-22(14)17/h1,4-6,10-11,13,27H,2-3,7-9,12H2,(H,30,33,34). The third-order valence-electron chi connectivity index (χ3n) is 7.25. The van der Waals surface area contributed by atoms with Gasteiger partial charge in [-0.25, -0.2) is 14.4 Å². The number of hydrogen-bond donors (Lipinski definition) is 2. The minimum Gasteiger partial charge on any atom is -0.360 e. The van der Waals surface area contributed by atoms with E-state index in [9.17, 15) is 9.59 Å². The van der Waals surface area contributed by atoms with Crippen molar-refractivity contribution in [3.8, 4) is 0 Å². The highest BCUT2D eigenvalue weighted by molar-refractivity contribution is 7.17. The molecule has 7 rings (SSSR count). The fraction of sp³-hybridized carbons (Fsp3) is 0.280. The van der Waals surface area contributed by atoms with E-state index >= 15 is 4.39 Å². The summed E-state index contributed by atoms with van der Waals surface area (Å²) in [6.07, 6.45) is 4.02. The third-order valence-corrected chi connectivity index (χ3v) is 8.20. The maximum Gasteiger partial charge on any atom is 0.261 e. The Balaban J connectivity index is 1.46. The number of carbonyl (C=O) groups excluding carboxylic acids is 2. The number of anilines is 1. The summed E-state index contributed by atoms with van der Waals surface area (Å²) < 4.78 is 16.1. The van der Waals surface area contributed by atoms with E-state index < -0.39 is 17.6 Å². The Labute approximate surface area is 203 Å². The quantitative estimate of drug-likeness (QED) is 0.431. The van der Waals surface area contributed by atoms with Gasteiger partial charge in [0.05, 0.1) is 38.0 Å². The first-order valence-electron chi connectivity index (χ1n) is 11.7. The molecular weight excluding hydrogens is 467 g/mol. The minimum absolute atomic E-state index is 0.0857. The highest BCUT2D eigenvalue weighted by Crippen LogP contribution is 2.39. The van der Waals surface area contributed by atoms with E-state index in [-0.39, 0.29) is 22.2 Å². The molecule has 10 heteroatoms. The van der Waals surface area contributed by atoms with Crippen LogP contribution in [0.5, 0.6) is 0 Å². The second-order valence-corrected chi connectivity index (χ2v) is 10.1. The SMILES string of the molecule is O=C1NC(=O)C(c2nc(N3CCN4CCCC4C3)nc3cccc(F)c23)=C1c1c[nH]c2ccsc12. The third kappa shape index (κ3) is 3.13. The number of thiophene rings is 1. The minimum atomic E-state index is -0.578. The molecule has 3 aliphatic rings. The van der Waals surface area contributed by atoms with Gasteiger partial charge in [-0.2, -0.15) is 0 Å². The van der Waals surface area contributed by atoms with Crippen LogP contribution in [0.2, 0.25) is 0 Å². The van der Waals surface area contributed by atoms with Gasteiger partial charge in [0.1, 0.15) is 5.82 Å². The summed E-state index contributed by atoms with van der Waals surface area (Å²) in [5.41, 5.74) is 2.34. The molecular formula is C25H21FN6O2S. The van der Waals surface area contributed by atoms with Crippen LogP contribution in [0, 0.1) is 5.82 Å². The van der Waals surface area contributed by atoms with Crippen LogP contribution in [0.4, 0.5) is 10.3 Å². The van der Waals surface area contributed by atoms with E-state index in [0.29, 0.717) is 23.1 Å². The number of imide groups is 1. The molecule has 2 N–H and O–H groups in total. The molecule has 0 spiro atoms. The molecule has 0 saturated carbocycles. The Hall–Kier alpha value is -3.63. The van der Waals surface area contributed by atoms with E-state index in [4.69, 9.17) is 9.97 Å². The van der Waals surface area contributed by atoms with Gasteiger partial charge in [-0.1, -0.05) is 6.07 Å². The number of amides is 2. The highest BCUT2D eigenvalue weighted by atomic mass is 32.1. The lowest BCUT2D eigenvalue weighted by Crippen LogP contribution is -2.50. The maximum absolute atomic E-state index is 15.2. The molecule has 1 atom stereocenters. The first-order chi connectivity index (χ1) is 17.1. The summed E-state index contributed by atoms with van der Waals surface area (Å²) in [6, 6.07) is 7.01. The average Bonchev–Trinajstić information content (AvgIpc) is 3.62. The van der Waals surface area contributed by atoms with Gasteiger partial charge in [0.2, 0.25) is 5.95 Å². The number of fused-ring (bicyclic) bond motifs is 3. The van der Waals surface area contributed by atoms with E-state index in [1.807, 2.05) is 11.4 Å². The Morgan fingerprint density at radius 1 is 1.06 bits per heavy atom. The van der Waals surface area contributed by atoms with Crippen LogP contribution in [0.1, 0.15) is 24.1 Å². The van der Waals surface area contributed by atoms with Crippen molar-refractivity contribution in [2.75, 3.05) is 31.1 Å². The molecule has 8 nitrogen and oxygen atoms in total. The van der Waals surface area contributed by atoms with Crippen molar-refractivity contribution < 1.29 is 14.0 Å². The zero-order valence-corrected chi connectivity index (χ0v) is 19.5. The van der Waals surface area contributed by atoms with Crippen LogP contribution in [0.15, 0.2) is 35.8 Å². The number of piperazine rings is 1. The molecule has 2 saturated heterocycles. The fourth-order valence-corrected chi connectivity index (χ4v) is 6.48. The molecule has 2 amide bonds. The average molecular weight is 489 g/mol. The molecule has 1 unspecified atom stereocenters. The molecule has 3 aromatic heterocycles. The molecule has 0 radical (unpaired) electrons. The Morgan fingerprint density at radius 2 is 1.94 bits per heavy atom. The first kappa shape index (κ1) is 20.7. The van der Waals surface area contributed by atoms with Crippen molar-refractivity contribution >= 4 is 61.4 Å². The summed E-state index contributed by atoms with van der Waals surface area (Å²) in [4.78, 5) is 43.4. The monoisotopic (exact) mass is 488 g/mol. The van der Waals surface area contributed by atoms with Gasteiger partial charge < -0.3 is 9.88 Å². The molecule has 1 aromatic carbocycles. The van der Waals surface area contributed by atoms with Gasteiger partial charge in [-0.05, 0) is 43.0 Å². The van der Waals surface area contributed by atoms with Crippen molar-refractivity contribution in [3.05, 3.63) is 52.9 Å². The Bertz CT molecular complexity index is 1570. The Morgan fingerprint density at radius 3 is 2.86 bits per heavy atom. The largest absolute Gasteiger partial charge is 0.360 e. The number of nitrogens with one attached hydrogen (secondary N) is 2. The molecule has 6 heterocycles. The fourth-order valence-electron chi connectivity index (χ4n) is 5.59. The number of rotatable bonds is 3. The second kappa shape index (κ2) is 7.69. The van der Waals surface area contributed by atoms with E-state index in [2.05, 4.69) is 20.1 Å². The first-order valence-corrected chi connectivity index (χ1v) is 12.6. The van der Waals surface area contributed by atoms with Gasteiger partial charge in [0, 0.05) is 37.4 Å². The molecule has 3 aliphatic heterocycles. The number of benzene rings is 1. The van der Waals surface area contributed by atoms with Gasteiger partial charge in [-0.15, -0.1) is 11.3 Å². The summed E-state index contributed by atoms with van der Waals surface area (Å²) in [5, 5.41) is 4.47. The smallest absolute Gasteiger partial charge is 0.261 e. The zero-order valence-electron chi connectivity index (χ0n) is 18.7. The number of halogens is 1. The van der Waals surface area contributed by atoms with E-state index in [1.54, 1.807) is 18.3 Å². The predicted octanol–water partition coefficient (Wildman–Crippen LogP) is 3.16. The van der Waals surface area contributed by atoms with Gasteiger partial charge in [-0.3, -0.25) is 19.8 Å². The second-order valence-electron chi connectivity index (χ2n) is 9.18. The maximum atomic E-state index is 15.2. The van der Waals surface area contributed by atoms with Gasteiger partial charge in [0.25, 0.3) is 11.8 Å². The number of carbonyl (C=O) groups is 2. The van der Waals surface area contributed by atoms with Crippen LogP contribution < -0.4 is 10.2 Å². The van der Waals surface area contributed by atoms with E-state index in [0.717, 1.165) is 42.8 Å². The molecule has 0 bridgehead atoms. The number of hydrogen-bond acceptors (Lipinski definition) is 7. The number of H-pyrrole nitrogens is 1. The van der Waals surface area contributed by atoms with Crippen molar-refractivity contribution in [1.82, 2.24) is 25.2 Å². The molecule has 0 aliphatic carbocycles.